The Morgan fingerprint density at radius 2 is 2.36 bits per heavy atom. The van der Waals surface area contributed by atoms with Gasteiger partial charge in [0.15, 0.2) is 0 Å². The van der Waals surface area contributed by atoms with E-state index in [0.29, 0.717) is 11.9 Å². The molecule has 0 bridgehead atoms. The maximum Gasteiger partial charge on any atom is 0.0597 e. The Morgan fingerprint density at radius 3 is 2.93 bits per heavy atom. The fourth-order valence-corrected chi connectivity index (χ4v) is 2.04. The van der Waals surface area contributed by atoms with Gasteiger partial charge in [0.05, 0.1) is 11.9 Å². The van der Waals surface area contributed by atoms with Crippen LogP contribution in [0.3, 0.4) is 0 Å². The molecule has 1 fully saturated rings. The molecular weight excluding hydrogens is 196 g/mol. The van der Waals surface area contributed by atoms with Gasteiger partial charge in [0.25, 0.3) is 0 Å². The number of halogens is 1. The first kappa shape index (κ1) is 9.78. The predicted molar refractivity (Wildman–Crippen MR) is 59.8 cm³/mol. The molecular formula is C11H15ClN2. The van der Waals surface area contributed by atoms with E-state index >= 15 is 0 Å². The molecule has 0 spiro atoms. The Kier molecular flexibility index (Phi) is 2.92. The van der Waals surface area contributed by atoms with Crippen LogP contribution < -0.4 is 4.90 Å². The third kappa shape index (κ3) is 1.71. The standard InChI is InChI=1S/C11H15ClN2/c1-14(10-3-2-4-10)11-8-13-6-5-9(11)7-12/h5-6,8,10H,2-4,7H2,1H3. The maximum absolute atomic E-state index is 5.89. The summed E-state index contributed by atoms with van der Waals surface area (Å²) in [6, 6.07) is 2.69. The summed E-state index contributed by atoms with van der Waals surface area (Å²) in [5.74, 6) is 0.564. The number of hydrogen-bond donors (Lipinski definition) is 0. The van der Waals surface area contributed by atoms with E-state index in [9.17, 15) is 0 Å². The lowest BCUT2D eigenvalue weighted by molar-refractivity contribution is 0.400. The van der Waals surface area contributed by atoms with Crippen LogP contribution in [0.25, 0.3) is 0 Å². The van der Waals surface area contributed by atoms with Crippen molar-refractivity contribution in [1.29, 1.82) is 0 Å². The highest BCUT2D eigenvalue weighted by Crippen LogP contribution is 2.30. The molecule has 0 aromatic carbocycles. The summed E-state index contributed by atoms with van der Waals surface area (Å²) in [7, 11) is 2.14. The lowest BCUT2D eigenvalue weighted by Crippen LogP contribution is -2.37. The predicted octanol–water partition coefficient (Wildman–Crippen LogP) is 2.81. The molecule has 14 heavy (non-hydrogen) atoms. The normalized spacial score (nSPS) is 16.4. The summed E-state index contributed by atoms with van der Waals surface area (Å²) in [6.45, 7) is 0. The van der Waals surface area contributed by atoms with Crippen LogP contribution in [0.15, 0.2) is 18.5 Å². The third-order valence-corrected chi connectivity index (χ3v) is 3.32. The maximum atomic E-state index is 5.89. The molecule has 0 N–H and O–H groups in total. The van der Waals surface area contributed by atoms with E-state index in [-0.39, 0.29) is 0 Å². The molecule has 76 valence electrons. The van der Waals surface area contributed by atoms with E-state index in [1.165, 1.54) is 30.5 Å². The molecule has 1 aliphatic carbocycles. The van der Waals surface area contributed by atoms with Crippen LogP contribution in [0, 0.1) is 0 Å². The second-order valence-electron chi connectivity index (χ2n) is 3.83. The minimum absolute atomic E-state index is 0.564. The molecule has 0 saturated heterocycles. The molecule has 0 aliphatic heterocycles. The van der Waals surface area contributed by atoms with Gasteiger partial charge < -0.3 is 4.90 Å². The smallest absolute Gasteiger partial charge is 0.0597 e. The number of hydrogen-bond acceptors (Lipinski definition) is 2. The van der Waals surface area contributed by atoms with E-state index < -0.39 is 0 Å². The summed E-state index contributed by atoms with van der Waals surface area (Å²) in [5, 5.41) is 0. The van der Waals surface area contributed by atoms with Crippen LogP contribution >= 0.6 is 11.6 Å². The second-order valence-corrected chi connectivity index (χ2v) is 4.10. The van der Waals surface area contributed by atoms with E-state index in [2.05, 4.69) is 16.9 Å². The minimum atomic E-state index is 0.564. The molecule has 1 saturated carbocycles. The summed E-state index contributed by atoms with van der Waals surface area (Å²) in [6.07, 6.45) is 7.66. The van der Waals surface area contributed by atoms with Gasteiger partial charge in [-0.15, -0.1) is 11.6 Å². The van der Waals surface area contributed by atoms with Crippen molar-refractivity contribution in [3.8, 4) is 0 Å². The zero-order chi connectivity index (χ0) is 9.97. The van der Waals surface area contributed by atoms with Crippen molar-refractivity contribution in [3.63, 3.8) is 0 Å². The number of nitrogens with zero attached hydrogens (tertiary/aromatic N) is 2. The average Bonchev–Trinajstić information content (AvgIpc) is 2.15. The van der Waals surface area contributed by atoms with Crippen molar-refractivity contribution in [3.05, 3.63) is 24.0 Å². The molecule has 2 rings (SSSR count). The van der Waals surface area contributed by atoms with Crippen LogP contribution in [-0.4, -0.2) is 18.1 Å². The first-order valence-corrected chi connectivity index (χ1v) is 5.58. The Hall–Kier alpha value is -0.760. The van der Waals surface area contributed by atoms with Gasteiger partial charge in [0.2, 0.25) is 0 Å². The number of rotatable bonds is 3. The van der Waals surface area contributed by atoms with Crippen molar-refractivity contribution in [2.24, 2.45) is 0 Å². The number of aromatic nitrogens is 1. The fraction of sp³-hybridized carbons (Fsp3) is 0.545. The van der Waals surface area contributed by atoms with Crippen LogP contribution in [0.1, 0.15) is 24.8 Å². The second kappa shape index (κ2) is 4.18. The van der Waals surface area contributed by atoms with Crippen LogP contribution in [0.4, 0.5) is 5.69 Å². The Morgan fingerprint density at radius 1 is 1.57 bits per heavy atom. The molecule has 0 amide bonds. The van der Waals surface area contributed by atoms with Crippen LogP contribution in [0.5, 0.6) is 0 Å². The first-order valence-electron chi connectivity index (χ1n) is 5.04. The molecule has 0 atom stereocenters. The highest BCUT2D eigenvalue weighted by atomic mass is 35.5. The van der Waals surface area contributed by atoms with Gasteiger partial charge in [0.1, 0.15) is 0 Å². The van der Waals surface area contributed by atoms with E-state index in [4.69, 9.17) is 11.6 Å². The van der Waals surface area contributed by atoms with Gasteiger partial charge in [-0.2, -0.15) is 0 Å². The molecule has 0 radical (unpaired) electrons. The quantitative estimate of drug-likeness (QED) is 0.714. The average molecular weight is 211 g/mol. The zero-order valence-corrected chi connectivity index (χ0v) is 9.17. The lowest BCUT2D eigenvalue weighted by Gasteiger charge is -2.37. The van der Waals surface area contributed by atoms with Gasteiger partial charge in [0, 0.05) is 25.2 Å². The molecule has 1 aromatic rings. The molecule has 1 aromatic heterocycles. The third-order valence-electron chi connectivity index (χ3n) is 3.03. The fourth-order valence-electron chi connectivity index (χ4n) is 1.82. The summed E-state index contributed by atoms with van der Waals surface area (Å²) >= 11 is 5.89. The highest BCUT2D eigenvalue weighted by Gasteiger charge is 2.23. The Labute approximate surface area is 89.9 Å². The molecule has 0 unspecified atom stereocenters. The minimum Gasteiger partial charge on any atom is -0.370 e. The summed E-state index contributed by atoms with van der Waals surface area (Å²) in [5.41, 5.74) is 2.36. The molecule has 3 heteroatoms. The summed E-state index contributed by atoms with van der Waals surface area (Å²) in [4.78, 5) is 6.47. The van der Waals surface area contributed by atoms with E-state index in [1.54, 1.807) is 6.20 Å². The SMILES string of the molecule is CN(c1cnccc1CCl)C1CCC1. The van der Waals surface area contributed by atoms with Gasteiger partial charge in [-0.05, 0) is 30.9 Å². The van der Waals surface area contributed by atoms with Gasteiger partial charge in [-0.1, -0.05) is 0 Å². The van der Waals surface area contributed by atoms with Crippen molar-refractivity contribution < 1.29 is 0 Å². The zero-order valence-electron chi connectivity index (χ0n) is 8.41. The Balaban J connectivity index is 2.20. The van der Waals surface area contributed by atoms with E-state index in [0.717, 1.165) is 0 Å². The van der Waals surface area contributed by atoms with Gasteiger partial charge in [-0.3, -0.25) is 4.98 Å². The first-order chi connectivity index (χ1) is 6.83. The largest absolute Gasteiger partial charge is 0.370 e. The summed E-state index contributed by atoms with van der Waals surface area (Å²) < 4.78 is 0. The van der Waals surface area contributed by atoms with Crippen LogP contribution in [-0.2, 0) is 5.88 Å². The van der Waals surface area contributed by atoms with Crippen LogP contribution in [0.2, 0.25) is 0 Å². The number of pyridine rings is 1. The monoisotopic (exact) mass is 210 g/mol. The Bertz CT molecular complexity index is 310. The lowest BCUT2D eigenvalue weighted by atomic mass is 9.91. The van der Waals surface area contributed by atoms with Gasteiger partial charge >= 0.3 is 0 Å². The van der Waals surface area contributed by atoms with Crippen molar-refractivity contribution in [2.45, 2.75) is 31.2 Å². The topological polar surface area (TPSA) is 16.1 Å². The molecule has 1 heterocycles. The van der Waals surface area contributed by atoms with Crippen molar-refractivity contribution in [2.75, 3.05) is 11.9 Å². The van der Waals surface area contributed by atoms with Gasteiger partial charge in [-0.25, -0.2) is 0 Å². The van der Waals surface area contributed by atoms with Crippen molar-refractivity contribution in [1.82, 2.24) is 4.98 Å². The van der Waals surface area contributed by atoms with Crippen molar-refractivity contribution >= 4 is 17.3 Å². The molecule has 1 aliphatic rings. The highest BCUT2D eigenvalue weighted by molar-refractivity contribution is 6.17. The molecule has 2 nitrogen and oxygen atoms in total. The van der Waals surface area contributed by atoms with E-state index in [1.807, 2.05) is 12.3 Å². The number of anilines is 1. The number of alkyl halides is 1.